The first-order chi connectivity index (χ1) is 10.6. The van der Waals surface area contributed by atoms with Gasteiger partial charge in [-0.25, -0.2) is 0 Å². The van der Waals surface area contributed by atoms with Crippen molar-refractivity contribution in [3.8, 4) is 0 Å². The van der Waals surface area contributed by atoms with Gasteiger partial charge in [-0.1, -0.05) is 38.1 Å². The molecule has 1 aromatic rings. The molecule has 3 rings (SSSR count). The van der Waals surface area contributed by atoms with Gasteiger partial charge in [-0.15, -0.1) is 0 Å². The van der Waals surface area contributed by atoms with Crippen molar-refractivity contribution >= 4 is 28.9 Å². The Morgan fingerprint density at radius 3 is 2.55 bits per heavy atom. The molecule has 116 valence electrons. The minimum absolute atomic E-state index is 0.139. The number of hydrogen-bond acceptors (Lipinski definition) is 4. The van der Waals surface area contributed by atoms with E-state index in [4.69, 9.17) is 4.74 Å². The Morgan fingerprint density at radius 2 is 1.91 bits per heavy atom. The van der Waals surface area contributed by atoms with Crippen LogP contribution in [0.1, 0.15) is 30.9 Å². The summed E-state index contributed by atoms with van der Waals surface area (Å²) in [5.41, 5.74) is 2.34. The van der Waals surface area contributed by atoms with Crippen LogP contribution < -0.4 is 0 Å². The van der Waals surface area contributed by atoms with E-state index in [9.17, 15) is 4.79 Å². The molecule has 0 bridgehead atoms. The van der Waals surface area contributed by atoms with Gasteiger partial charge in [0, 0.05) is 13.1 Å². The maximum atomic E-state index is 12.1. The highest BCUT2D eigenvalue weighted by atomic mass is 32.2. The summed E-state index contributed by atoms with van der Waals surface area (Å²) in [6, 6.07) is 8.35. The van der Waals surface area contributed by atoms with Gasteiger partial charge in [0.1, 0.15) is 0 Å². The maximum Gasteiger partial charge on any atom is 0.286 e. The van der Waals surface area contributed by atoms with Crippen LogP contribution in [-0.2, 0) is 9.53 Å². The molecule has 0 spiro atoms. The lowest BCUT2D eigenvalue weighted by Gasteiger charge is -2.27. The van der Waals surface area contributed by atoms with Crippen molar-refractivity contribution in [2.75, 3.05) is 26.3 Å². The van der Waals surface area contributed by atoms with Crippen LogP contribution in [0.3, 0.4) is 0 Å². The summed E-state index contributed by atoms with van der Waals surface area (Å²) in [7, 11) is 0. The van der Waals surface area contributed by atoms with Crippen LogP contribution in [0.4, 0.5) is 0 Å². The second kappa shape index (κ2) is 6.67. The monoisotopic (exact) mass is 316 g/mol. The topological polar surface area (TPSA) is 41.9 Å². The van der Waals surface area contributed by atoms with Gasteiger partial charge >= 0.3 is 0 Å². The first-order valence-corrected chi connectivity index (χ1v) is 8.40. The summed E-state index contributed by atoms with van der Waals surface area (Å²) in [6.45, 7) is 7.34. The van der Waals surface area contributed by atoms with E-state index in [1.54, 1.807) is 0 Å². The molecule has 1 amide bonds. The van der Waals surface area contributed by atoms with Crippen molar-refractivity contribution in [2.24, 2.45) is 4.99 Å². The maximum absolute atomic E-state index is 12.1. The molecule has 2 aliphatic heterocycles. The second-order valence-corrected chi connectivity index (χ2v) is 6.74. The molecule has 5 heteroatoms. The van der Waals surface area contributed by atoms with Crippen LogP contribution >= 0.6 is 11.8 Å². The van der Waals surface area contributed by atoms with Crippen molar-refractivity contribution in [1.82, 2.24) is 4.90 Å². The second-order valence-electron chi connectivity index (χ2n) is 5.73. The highest BCUT2D eigenvalue weighted by Gasteiger charge is 2.26. The van der Waals surface area contributed by atoms with E-state index in [1.807, 2.05) is 6.08 Å². The fourth-order valence-electron chi connectivity index (χ4n) is 2.42. The molecule has 0 radical (unpaired) electrons. The molecule has 0 unspecified atom stereocenters. The fraction of sp³-hybridized carbons (Fsp3) is 0.412. The zero-order chi connectivity index (χ0) is 15.5. The van der Waals surface area contributed by atoms with Gasteiger partial charge in [0.25, 0.3) is 5.91 Å². The number of nitrogens with zero attached hydrogens (tertiary/aromatic N) is 2. The number of amides is 1. The Balaban J connectivity index is 1.71. The minimum Gasteiger partial charge on any atom is -0.378 e. The molecular weight excluding hydrogens is 296 g/mol. The van der Waals surface area contributed by atoms with Crippen molar-refractivity contribution in [1.29, 1.82) is 0 Å². The van der Waals surface area contributed by atoms with Crippen LogP contribution in [0.15, 0.2) is 34.2 Å². The smallest absolute Gasteiger partial charge is 0.286 e. The van der Waals surface area contributed by atoms with Crippen molar-refractivity contribution < 1.29 is 9.53 Å². The molecule has 0 aliphatic carbocycles. The van der Waals surface area contributed by atoms with Crippen LogP contribution in [0, 0.1) is 0 Å². The van der Waals surface area contributed by atoms with Crippen molar-refractivity contribution in [2.45, 2.75) is 19.8 Å². The number of thioether (sulfide) groups is 1. The Labute approximate surface area is 135 Å². The lowest BCUT2D eigenvalue weighted by atomic mass is 10.0. The largest absolute Gasteiger partial charge is 0.378 e. The quantitative estimate of drug-likeness (QED) is 0.786. The molecular formula is C17H20N2O2S. The predicted octanol–water partition coefficient (Wildman–Crippen LogP) is 3.11. The molecule has 0 aromatic heterocycles. The molecule has 2 heterocycles. The first kappa shape index (κ1) is 15.3. The van der Waals surface area contributed by atoms with Gasteiger partial charge in [-0.2, -0.15) is 4.99 Å². The number of morpholine rings is 1. The van der Waals surface area contributed by atoms with Gasteiger partial charge in [0.05, 0.1) is 18.1 Å². The van der Waals surface area contributed by atoms with Crippen LogP contribution in [0.2, 0.25) is 0 Å². The SMILES string of the molecule is CC(C)c1ccc(C=C2SC(N3CCOCC3)=NC2=O)cc1. The number of aliphatic imine (C=N–C) groups is 1. The average Bonchev–Trinajstić information content (AvgIpc) is 2.90. The lowest BCUT2D eigenvalue weighted by molar-refractivity contribution is -0.113. The molecule has 1 fully saturated rings. The van der Waals surface area contributed by atoms with Crippen molar-refractivity contribution in [3.05, 3.63) is 40.3 Å². The number of ether oxygens (including phenoxy) is 1. The number of rotatable bonds is 2. The summed E-state index contributed by atoms with van der Waals surface area (Å²) in [5, 5.41) is 0.804. The molecule has 1 saturated heterocycles. The number of carbonyl (C=O) groups excluding carboxylic acids is 1. The Morgan fingerprint density at radius 1 is 1.23 bits per heavy atom. The average molecular weight is 316 g/mol. The first-order valence-electron chi connectivity index (χ1n) is 7.59. The van der Waals surface area contributed by atoms with Gasteiger partial charge in [0.2, 0.25) is 0 Å². The van der Waals surface area contributed by atoms with Gasteiger partial charge in [-0.05, 0) is 34.9 Å². The van der Waals surface area contributed by atoms with Crippen LogP contribution in [-0.4, -0.2) is 42.3 Å². The molecule has 2 aliphatic rings. The van der Waals surface area contributed by atoms with Crippen LogP contribution in [0.25, 0.3) is 6.08 Å². The van der Waals surface area contributed by atoms with E-state index in [2.05, 4.69) is 48.0 Å². The van der Waals surface area contributed by atoms with E-state index in [1.165, 1.54) is 17.3 Å². The Bertz CT molecular complexity index is 614. The standard InChI is InChI=1S/C17H20N2O2S/c1-12(2)14-5-3-13(4-6-14)11-15-16(20)18-17(22-15)19-7-9-21-10-8-19/h3-6,11-12H,7-10H2,1-2H3. The van der Waals surface area contributed by atoms with E-state index in [0.29, 0.717) is 24.0 Å². The third-order valence-corrected chi connectivity index (χ3v) is 4.84. The Hall–Kier alpha value is -1.59. The predicted molar refractivity (Wildman–Crippen MR) is 90.9 cm³/mol. The molecule has 22 heavy (non-hydrogen) atoms. The molecule has 4 nitrogen and oxygen atoms in total. The fourth-order valence-corrected chi connectivity index (χ4v) is 3.38. The molecule has 1 aromatic carbocycles. The van der Waals surface area contributed by atoms with Gasteiger partial charge in [0.15, 0.2) is 5.17 Å². The molecule has 0 atom stereocenters. The van der Waals surface area contributed by atoms with E-state index in [0.717, 1.165) is 23.8 Å². The number of hydrogen-bond donors (Lipinski definition) is 0. The highest BCUT2D eigenvalue weighted by molar-refractivity contribution is 8.18. The van der Waals surface area contributed by atoms with Crippen LogP contribution in [0.5, 0.6) is 0 Å². The summed E-state index contributed by atoms with van der Waals surface area (Å²) in [5.74, 6) is 0.375. The summed E-state index contributed by atoms with van der Waals surface area (Å²) in [6.07, 6.45) is 1.92. The van der Waals surface area contributed by atoms with E-state index < -0.39 is 0 Å². The zero-order valence-electron chi connectivity index (χ0n) is 12.9. The van der Waals surface area contributed by atoms with Crippen molar-refractivity contribution in [3.63, 3.8) is 0 Å². The third-order valence-electron chi connectivity index (χ3n) is 3.79. The van der Waals surface area contributed by atoms with Gasteiger partial charge < -0.3 is 9.64 Å². The third kappa shape index (κ3) is 3.42. The van der Waals surface area contributed by atoms with E-state index >= 15 is 0 Å². The van der Waals surface area contributed by atoms with Gasteiger partial charge in [-0.3, -0.25) is 4.79 Å². The normalized spacial score (nSPS) is 20.9. The number of amidine groups is 1. The Kier molecular flexibility index (Phi) is 4.64. The molecule has 0 N–H and O–H groups in total. The number of carbonyl (C=O) groups is 1. The highest BCUT2D eigenvalue weighted by Crippen LogP contribution is 2.30. The molecule has 0 saturated carbocycles. The van der Waals surface area contributed by atoms with E-state index in [-0.39, 0.29) is 5.91 Å². The summed E-state index contributed by atoms with van der Waals surface area (Å²) in [4.78, 5) is 19.1. The lowest BCUT2D eigenvalue weighted by Crippen LogP contribution is -2.38. The summed E-state index contributed by atoms with van der Waals surface area (Å²) < 4.78 is 5.33. The summed E-state index contributed by atoms with van der Waals surface area (Å²) >= 11 is 1.46. The minimum atomic E-state index is -0.139. The zero-order valence-corrected chi connectivity index (χ0v) is 13.7. The number of benzene rings is 1.